The first-order valence-electron chi connectivity index (χ1n) is 10.7. The number of amides is 1. The molecule has 0 saturated heterocycles. The van der Waals surface area contributed by atoms with Crippen LogP contribution in [0.1, 0.15) is 16.7 Å². The number of carbonyl (C=O) groups excluding carboxylic acids is 1. The van der Waals surface area contributed by atoms with E-state index in [1.54, 1.807) is 9.47 Å². The zero-order valence-electron chi connectivity index (χ0n) is 18.4. The molecule has 5 rings (SSSR count). The quantitative estimate of drug-likeness (QED) is 0.310. The van der Waals surface area contributed by atoms with Crippen molar-refractivity contribution in [3.63, 3.8) is 0 Å². The van der Waals surface area contributed by atoms with Gasteiger partial charge in [-0.25, -0.2) is 4.98 Å². The maximum absolute atomic E-state index is 13.2. The number of carbonyl (C=O) groups is 1. The maximum Gasteiger partial charge on any atom is 0.272 e. The van der Waals surface area contributed by atoms with E-state index < -0.39 is 0 Å². The molecule has 0 atom stereocenters. The number of aryl methyl sites for hydroxylation is 2. The molecule has 3 heterocycles. The number of hydrogen-bond donors (Lipinski definition) is 0. The van der Waals surface area contributed by atoms with Gasteiger partial charge >= 0.3 is 0 Å². The van der Waals surface area contributed by atoms with Gasteiger partial charge in [-0.3, -0.25) is 14.2 Å². The Morgan fingerprint density at radius 3 is 2.73 bits per heavy atom. The summed E-state index contributed by atoms with van der Waals surface area (Å²) in [5.41, 5.74) is 4.65. The molecular formula is C25H23N3O3S2. The van der Waals surface area contributed by atoms with Crippen molar-refractivity contribution in [3.8, 4) is 5.75 Å². The molecular weight excluding hydrogens is 454 g/mol. The molecule has 33 heavy (non-hydrogen) atoms. The van der Waals surface area contributed by atoms with E-state index in [1.165, 1.54) is 28.7 Å². The van der Waals surface area contributed by atoms with E-state index in [0.717, 1.165) is 22.6 Å². The van der Waals surface area contributed by atoms with Gasteiger partial charge in [0.2, 0.25) is 5.91 Å². The minimum atomic E-state index is -0.0714. The molecule has 0 aliphatic carbocycles. The second kappa shape index (κ2) is 9.03. The van der Waals surface area contributed by atoms with Gasteiger partial charge in [-0.2, -0.15) is 0 Å². The minimum Gasteiger partial charge on any atom is -0.490 e. The number of rotatable bonds is 5. The van der Waals surface area contributed by atoms with Gasteiger partial charge in [0.25, 0.3) is 5.56 Å². The lowest BCUT2D eigenvalue weighted by molar-refractivity contribution is -0.116. The summed E-state index contributed by atoms with van der Waals surface area (Å²) in [6, 6.07) is 15.8. The van der Waals surface area contributed by atoms with Gasteiger partial charge in [-0.15, -0.1) is 11.3 Å². The molecule has 0 N–H and O–H groups in total. The molecule has 1 aliphatic heterocycles. The monoisotopic (exact) mass is 477 g/mol. The number of aromatic nitrogens is 2. The molecule has 2 aromatic carbocycles. The van der Waals surface area contributed by atoms with Gasteiger partial charge in [0, 0.05) is 0 Å². The molecule has 2 aromatic heterocycles. The fourth-order valence-corrected chi connectivity index (χ4v) is 5.49. The number of fused-ring (bicyclic) bond motifs is 2. The zero-order chi connectivity index (χ0) is 22.9. The van der Waals surface area contributed by atoms with Crippen molar-refractivity contribution >= 4 is 44.9 Å². The summed E-state index contributed by atoms with van der Waals surface area (Å²) in [5.74, 6) is 0.875. The molecule has 8 heteroatoms. The molecule has 1 aliphatic rings. The third kappa shape index (κ3) is 4.41. The largest absolute Gasteiger partial charge is 0.490 e. The van der Waals surface area contributed by atoms with E-state index in [2.05, 4.69) is 0 Å². The lowest BCUT2D eigenvalue weighted by Crippen LogP contribution is -2.39. The molecule has 6 nitrogen and oxygen atoms in total. The van der Waals surface area contributed by atoms with Gasteiger partial charge in [0.1, 0.15) is 17.1 Å². The number of benzene rings is 2. The van der Waals surface area contributed by atoms with E-state index in [9.17, 15) is 9.59 Å². The lowest BCUT2D eigenvalue weighted by Gasteiger charge is -2.29. The molecule has 0 radical (unpaired) electrons. The molecule has 0 spiro atoms. The highest BCUT2D eigenvalue weighted by molar-refractivity contribution is 7.99. The van der Waals surface area contributed by atoms with Gasteiger partial charge in [-0.05, 0) is 48.6 Å². The van der Waals surface area contributed by atoms with Crippen LogP contribution < -0.4 is 15.2 Å². The normalized spacial score (nSPS) is 13.1. The Kier molecular flexibility index (Phi) is 5.95. The van der Waals surface area contributed by atoms with E-state index >= 15 is 0 Å². The number of thioether (sulfide) groups is 1. The van der Waals surface area contributed by atoms with E-state index in [0.29, 0.717) is 35.1 Å². The van der Waals surface area contributed by atoms with Gasteiger partial charge in [-0.1, -0.05) is 47.7 Å². The summed E-state index contributed by atoms with van der Waals surface area (Å²) in [6.07, 6.45) is 0. The van der Waals surface area contributed by atoms with Crippen molar-refractivity contribution < 1.29 is 9.53 Å². The number of ether oxygens (including phenoxy) is 1. The van der Waals surface area contributed by atoms with Crippen LogP contribution in [0.5, 0.6) is 5.75 Å². The van der Waals surface area contributed by atoms with Gasteiger partial charge in [0.15, 0.2) is 5.16 Å². The average Bonchev–Trinajstić information content (AvgIpc) is 3.29. The summed E-state index contributed by atoms with van der Waals surface area (Å²) in [6.45, 7) is 5.41. The van der Waals surface area contributed by atoms with E-state index in [4.69, 9.17) is 9.72 Å². The smallest absolute Gasteiger partial charge is 0.272 e. The number of anilines is 1. The van der Waals surface area contributed by atoms with Crippen LogP contribution in [0.2, 0.25) is 0 Å². The minimum absolute atomic E-state index is 0.0308. The Morgan fingerprint density at radius 1 is 1.12 bits per heavy atom. The van der Waals surface area contributed by atoms with Crippen molar-refractivity contribution in [2.45, 2.75) is 25.5 Å². The molecule has 1 amide bonds. The van der Waals surface area contributed by atoms with Crippen molar-refractivity contribution in [3.05, 3.63) is 81.0 Å². The van der Waals surface area contributed by atoms with Crippen LogP contribution in [-0.4, -0.2) is 34.4 Å². The number of hydrogen-bond acceptors (Lipinski definition) is 6. The van der Waals surface area contributed by atoms with E-state index in [1.807, 2.05) is 67.8 Å². The van der Waals surface area contributed by atoms with Crippen LogP contribution in [0.15, 0.2) is 63.9 Å². The molecule has 0 fully saturated rings. The Morgan fingerprint density at radius 2 is 1.91 bits per heavy atom. The van der Waals surface area contributed by atoms with Crippen molar-refractivity contribution in [2.24, 2.45) is 0 Å². The van der Waals surface area contributed by atoms with Crippen molar-refractivity contribution in [1.82, 2.24) is 9.55 Å². The van der Waals surface area contributed by atoms with Crippen LogP contribution in [-0.2, 0) is 11.3 Å². The fourth-order valence-electron chi connectivity index (χ4n) is 3.84. The predicted octanol–water partition coefficient (Wildman–Crippen LogP) is 4.64. The van der Waals surface area contributed by atoms with Gasteiger partial charge < -0.3 is 9.64 Å². The average molecular weight is 478 g/mol. The van der Waals surface area contributed by atoms with Gasteiger partial charge in [0.05, 0.1) is 30.0 Å². The van der Waals surface area contributed by atoms with Crippen LogP contribution in [0.25, 0.3) is 10.2 Å². The highest BCUT2D eigenvalue weighted by atomic mass is 32.2. The van der Waals surface area contributed by atoms with Crippen molar-refractivity contribution in [2.75, 3.05) is 23.8 Å². The Labute approximate surface area is 199 Å². The lowest BCUT2D eigenvalue weighted by atomic mass is 10.1. The SMILES string of the molecule is Cc1ccc(Cn2c(SCC(=O)N3CCOc4ccc(C)cc43)nc3ccsc3c2=O)cc1. The summed E-state index contributed by atoms with van der Waals surface area (Å²) in [7, 11) is 0. The Hall–Kier alpha value is -3.10. The summed E-state index contributed by atoms with van der Waals surface area (Å²) < 4.78 is 8.03. The van der Waals surface area contributed by atoms with Crippen LogP contribution >= 0.6 is 23.1 Å². The molecule has 0 bridgehead atoms. The molecule has 0 unspecified atom stereocenters. The zero-order valence-corrected chi connectivity index (χ0v) is 20.0. The Balaban J connectivity index is 1.43. The van der Waals surface area contributed by atoms with Crippen LogP contribution in [0.3, 0.4) is 0 Å². The summed E-state index contributed by atoms with van der Waals surface area (Å²) in [5, 5.41) is 2.43. The topological polar surface area (TPSA) is 64.4 Å². The number of thiophene rings is 1. The number of nitrogens with zero attached hydrogens (tertiary/aromatic N) is 3. The second-order valence-electron chi connectivity index (χ2n) is 8.06. The van der Waals surface area contributed by atoms with Crippen LogP contribution in [0, 0.1) is 13.8 Å². The third-order valence-corrected chi connectivity index (χ3v) is 7.45. The standard InChI is InChI=1S/C25H23N3O3S2/c1-16-3-6-18(7-4-16)14-28-24(30)23-19(9-12-32-23)26-25(28)33-15-22(29)27-10-11-31-21-8-5-17(2)13-20(21)27/h3-9,12-13H,10-11,14-15H2,1-2H3. The maximum atomic E-state index is 13.2. The van der Waals surface area contributed by atoms with E-state index in [-0.39, 0.29) is 17.2 Å². The first-order valence-corrected chi connectivity index (χ1v) is 12.6. The molecule has 0 saturated carbocycles. The van der Waals surface area contributed by atoms with Crippen molar-refractivity contribution in [1.29, 1.82) is 0 Å². The molecule has 168 valence electrons. The summed E-state index contributed by atoms with van der Waals surface area (Å²) >= 11 is 2.70. The molecule has 4 aromatic rings. The first-order chi connectivity index (χ1) is 16.0. The fraction of sp³-hybridized carbons (Fsp3) is 0.240. The first kappa shape index (κ1) is 21.7. The predicted molar refractivity (Wildman–Crippen MR) is 134 cm³/mol. The summed E-state index contributed by atoms with van der Waals surface area (Å²) in [4.78, 5) is 32.9. The van der Waals surface area contributed by atoms with Crippen LogP contribution in [0.4, 0.5) is 5.69 Å². The highest BCUT2D eigenvalue weighted by Crippen LogP contribution is 2.33. The third-order valence-electron chi connectivity index (χ3n) is 5.60. The highest BCUT2D eigenvalue weighted by Gasteiger charge is 2.24. The Bertz CT molecular complexity index is 1390. The second-order valence-corrected chi connectivity index (χ2v) is 9.92.